The molecule has 0 heterocycles. The lowest BCUT2D eigenvalue weighted by molar-refractivity contribution is 0.158. The van der Waals surface area contributed by atoms with Gasteiger partial charge in [-0.3, -0.25) is 0 Å². The van der Waals surface area contributed by atoms with Gasteiger partial charge in [-0.25, -0.2) is 13.9 Å². The van der Waals surface area contributed by atoms with Crippen LogP contribution in [0, 0.1) is 5.82 Å². The maximum atomic E-state index is 13.4. The quantitative estimate of drug-likeness (QED) is 0.842. The normalized spacial score (nSPS) is 11.1. The number of benzene rings is 1. The third kappa shape index (κ3) is 5.53. The molecule has 0 unspecified atom stereocenters. The van der Waals surface area contributed by atoms with E-state index in [0.29, 0.717) is 4.47 Å². The summed E-state index contributed by atoms with van der Waals surface area (Å²) >= 11 is 3.14. The summed E-state index contributed by atoms with van der Waals surface area (Å²) in [4.78, 5) is 11.0. The molecule has 0 atom stereocenters. The van der Waals surface area contributed by atoms with Gasteiger partial charge in [-0.15, -0.1) is 0 Å². The molecule has 6 nitrogen and oxygen atoms in total. The molecule has 0 radical (unpaired) electrons. The van der Waals surface area contributed by atoms with Crippen LogP contribution in [0.25, 0.3) is 0 Å². The first-order chi connectivity index (χ1) is 8.84. The summed E-state index contributed by atoms with van der Waals surface area (Å²) in [5.74, 6) is -0.554. The van der Waals surface area contributed by atoms with Crippen LogP contribution in [0.4, 0.5) is 9.18 Å². The van der Waals surface area contributed by atoms with E-state index in [1.54, 1.807) is 4.72 Å². The van der Waals surface area contributed by atoms with Gasteiger partial charge < -0.3 is 4.74 Å². The monoisotopic (exact) mass is 354 g/mol. The Kier molecular flexibility index (Phi) is 5.70. The van der Waals surface area contributed by atoms with Crippen molar-refractivity contribution in [2.75, 3.05) is 6.61 Å². The minimum atomic E-state index is -4.09. The van der Waals surface area contributed by atoms with Crippen LogP contribution in [0.2, 0.25) is 0 Å². The molecule has 0 saturated carbocycles. The average Bonchev–Trinajstić information content (AvgIpc) is 2.30. The third-order valence-electron chi connectivity index (χ3n) is 1.95. The van der Waals surface area contributed by atoms with Crippen molar-refractivity contribution >= 4 is 32.2 Å². The molecule has 0 saturated heterocycles. The predicted octanol–water partition coefficient (Wildman–Crippen LogP) is 1.67. The standard InChI is InChI=1S/C10H12BrFN2O4S/c1-2-18-10(15)14-19(16,17)13-6-7-5-8(11)3-4-9(7)12/h3-5,13H,2,6H2,1H3,(H,14,15). The van der Waals surface area contributed by atoms with E-state index in [-0.39, 0.29) is 18.7 Å². The van der Waals surface area contributed by atoms with Gasteiger partial charge in [0, 0.05) is 16.6 Å². The van der Waals surface area contributed by atoms with Crippen LogP contribution in [0.3, 0.4) is 0 Å². The highest BCUT2D eigenvalue weighted by molar-refractivity contribution is 9.10. The number of ether oxygens (including phenoxy) is 1. The van der Waals surface area contributed by atoms with Gasteiger partial charge in [0.25, 0.3) is 0 Å². The Morgan fingerprint density at radius 3 is 2.79 bits per heavy atom. The average molecular weight is 355 g/mol. The van der Waals surface area contributed by atoms with Gasteiger partial charge in [-0.05, 0) is 25.1 Å². The maximum absolute atomic E-state index is 13.4. The number of amides is 1. The Morgan fingerprint density at radius 1 is 1.47 bits per heavy atom. The zero-order valence-corrected chi connectivity index (χ0v) is 12.3. The molecule has 0 aliphatic rings. The topological polar surface area (TPSA) is 84.5 Å². The molecule has 0 bridgehead atoms. The summed E-state index contributed by atoms with van der Waals surface area (Å²) in [6.07, 6.45) is -1.09. The summed E-state index contributed by atoms with van der Waals surface area (Å²) in [5, 5.41) is 0. The van der Waals surface area contributed by atoms with Crippen molar-refractivity contribution in [1.82, 2.24) is 9.44 Å². The third-order valence-corrected chi connectivity index (χ3v) is 3.41. The highest BCUT2D eigenvalue weighted by Crippen LogP contribution is 2.15. The number of halogens is 2. The van der Waals surface area contributed by atoms with E-state index < -0.39 is 22.1 Å². The molecule has 0 spiro atoms. The van der Waals surface area contributed by atoms with Gasteiger partial charge in [-0.2, -0.15) is 13.1 Å². The zero-order chi connectivity index (χ0) is 14.5. The van der Waals surface area contributed by atoms with E-state index >= 15 is 0 Å². The van der Waals surface area contributed by atoms with Crippen LogP contribution in [0.15, 0.2) is 22.7 Å². The molecule has 106 valence electrons. The summed E-state index contributed by atoms with van der Waals surface area (Å²) in [5.41, 5.74) is 0.142. The van der Waals surface area contributed by atoms with Gasteiger partial charge >= 0.3 is 16.3 Å². The van der Waals surface area contributed by atoms with E-state index in [9.17, 15) is 17.6 Å². The Hall–Kier alpha value is -1.19. The smallest absolute Gasteiger partial charge is 0.421 e. The fraction of sp³-hybridized carbons (Fsp3) is 0.300. The molecule has 0 aliphatic heterocycles. The lowest BCUT2D eigenvalue weighted by Crippen LogP contribution is -2.40. The lowest BCUT2D eigenvalue weighted by Gasteiger charge is -2.09. The van der Waals surface area contributed by atoms with Crippen molar-refractivity contribution in [3.8, 4) is 0 Å². The van der Waals surface area contributed by atoms with Crippen LogP contribution in [-0.2, 0) is 21.5 Å². The van der Waals surface area contributed by atoms with Crippen molar-refractivity contribution < 1.29 is 22.3 Å². The highest BCUT2D eigenvalue weighted by atomic mass is 79.9. The van der Waals surface area contributed by atoms with Gasteiger partial charge in [0.1, 0.15) is 5.82 Å². The molecule has 19 heavy (non-hydrogen) atoms. The second-order valence-electron chi connectivity index (χ2n) is 3.38. The van der Waals surface area contributed by atoms with E-state index in [0.717, 1.165) is 0 Å². The number of nitrogens with one attached hydrogen (secondary N) is 2. The van der Waals surface area contributed by atoms with Gasteiger partial charge in [0.05, 0.1) is 6.61 Å². The van der Waals surface area contributed by atoms with Gasteiger partial charge in [0.15, 0.2) is 0 Å². The number of hydrogen-bond acceptors (Lipinski definition) is 4. The van der Waals surface area contributed by atoms with E-state index in [2.05, 4.69) is 20.7 Å². The number of carbonyl (C=O) groups excluding carboxylic acids is 1. The van der Waals surface area contributed by atoms with Crippen LogP contribution in [-0.4, -0.2) is 21.1 Å². The minimum Gasteiger partial charge on any atom is -0.449 e. The first-order valence-electron chi connectivity index (χ1n) is 5.22. The lowest BCUT2D eigenvalue weighted by atomic mass is 10.2. The van der Waals surface area contributed by atoms with Crippen molar-refractivity contribution in [1.29, 1.82) is 0 Å². The molecule has 9 heteroatoms. The maximum Gasteiger partial charge on any atom is 0.421 e. The molecule has 1 rings (SSSR count). The zero-order valence-electron chi connectivity index (χ0n) is 9.94. The van der Waals surface area contributed by atoms with Crippen molar-refractivity contribution in [2.24, 2.45) is 0 Å². The first-order valence-corrected chi connectivity index (χ1v) is 7.49. The largest absolute Gasteiger partial charge is 0.449 e. The molecular weight excluding hydrogens is 343 g/mol. The number of hydrogen-bond donors (Lipinski definition) is 2. The van der Waals surface area contributed by atoms with E-state index in [1.807, 2.05) is 4.72 Å². The van der Waals surface area contributed by atoms with Gasteiger partial charge in [0.2, 0.25) is 0 Å². The Morgan fingerprint density at radius 2 is 2.16 bits per heavy atom. The summed E-state index contributed by atoms with van der Waals surface area (Å²) < 4.78 is 44.9. The number of rotatable bonds is 5. The molecular formula is C10H12BrFN2O4S. The molecule has 1 aromatic rings. The second kappa shape index (κ2) is 6.83. The summed E-state index contributed by atoms with van der Waals surface area (Å²) in [6.45, 7) is 1.29. The fourth-order valence-electron chi connectivity index (χ4n) is 1.16. The first kappa shape index (κ1) is 15.9. The molecule has 2 N–H and O–H groups in total. The summed E-state index contributed by atoms with van der Waals surface area (Å²) in [6, 6.07) is 4.12. The van der Waals surface area contributed by atoms with Crippen LogP contribution in [0.1, 0.15) is 12.5 Å². The summed E-state index contributed by atoms with van der Waals surface area (Å²) in [7, 11) is -4.09. The van der Waals surface area contributed by atoms with Crippen LogP contribution < -0.4 is 9.44 Å². The highest BCUT2D eigenvalue weighted by Gasteiger charge is 2.15. The fourth-order valence-corrected chi connectivity index (χ4v) is 2.26. The molecule has 1 aromatic carbocycles. The second-order valence-corrected chi connectivity index (χ2v) is 5.80. The molecule has 1 amide bonds. The minimum absolute atomic E-state index is 0.0433. The molecule has 0 fully saturated rings. The van der Waals surface area contributed by atoms with Crippen molar-refractivity contribution in [2.45, 2.75) is 13.5 Å². The van der Waals surface area contributed by atoms with Gasteiger partial charge in [-0.1, -0.05) is 15.9 Å². The Bertz CT molecular complexity index is 565. The Balaban J connectivity index is 2.65. The van der Waals surface area contributed by atoms with E-state index in [4.69, 9.17) is 0 Å². The molecule has 0 aliphatic carbocycles. The van der Waals surface area contributed by atoms with Crippen molar-refractivity contribution in [3.05, 3.63) is 34.1 Å². The SMILES string of the molecule is CCOC(=O)NS(=O)(=O)NCc1cc(Br)ccc1F. The van der Waals surface area contributed by atoms with Crippen LogP contribution in [0.5, 0.6) is 0 Å². The van der Waals surface area contributed by atoms with Crippen LogP contribution >= 0.6 is 15.9 Å². The number of carbonyl (C=O) groups is 1. The Labute approximate surface area is 118 Å². The van der Waals surface area contributed by atoms with Crippen molar-refractivity contribution in [3.63, 3.8) is 0 Å². The predicted molar refractivity (Wildman–Crippen MR) is 70.0 cm³/mol. The van der Waals surface area contributed by atoms with E-state index in [1.165, 1.54) is 25.1 Å². The molecule has 0 aromatic heterocycles.